The molecule has 0 saturated carbocycles. The molecule has 0 aliphatic carbocycles. The Balaban J connectivity index is 1.65. The molecular weight excluding hydrogens is 405 g/mol. The zero-order valence-electron chi connectivity index (χ0n) is 14.2. The summed E-state index contributed by atoms with van der Waals surface area (Å²) in [4.78, 5) is 1.80. The average molecular weight is 420 g/mol. The van der Waals surface area contributed by atoms with Crippen molar-refractivity contribution in [3.8, 4) is 0 Å². The van der Waals surface area contributed by atoms with Crippen LogP contribution in [-0.4, -0.2) is 41.3 Å². The zero-order valence-corrected chi connectivity index (χ0v) is 15.8. The van der Waals surface area contributed by atoms with Crippen molar-refractivity contribution in [2.75, 3.05) is 18.4 Å². The van der Waals surface area contributed by atoms with Crippen LogP contribution in [0.4, 0.5) is 19.0 Å². The molecule has 8 nitrogen and oxygen atoms in total. The third-order valence-electron chi connectivity index (χ3n) is 3.52. The molecule has 0 fully saturated rings. The van der Waals surface area contributed by atoms with Crippen molar-refractivity contribution in [2.24, 2.45) is 0 Å². The quantitative estimate of drug-likeness (QED) is 0.593. The van der Waals surface area contributed by atoms with E-state index in [0.717, 1.165) is 4.88 Å². The maximum absolute atomic E-state index is 12.9. The van der Waals surface area contributed by atoms with Crippen LogP contribution in [-0.2, 0) is 16.2 Å². The Morgan fingerprint density at radius 3 is 2.56 bits per heavy atom. The molecule has 3 rings (SSSR count). The van der Waals surface area contributed by atoms with E-state index in [2.05, 4.69) is 25.3 Å². The van der Waals surface area contributed by atoms with E-state index in [1.54, 1.807) is 13.0 Å². The summed E-state index contributed by atoms with van der Waals surface area (Å²) in [5, 5.41) is 13.1. The number of aryl methyl sites for hydroxylation is 2. The number of nitrogens with zero attached hydrogens (tertiary/aromatic N) is 4. The fourth-order valence-corrected chi connectivity index (χ4v) is 4.97. The largest absolute Gasteiger partial charge is 0.453 e. The minimum atomic E-state index is -4.68. The normalized spacial score (nSPS) is 12.6. The number of hydrogen-bond donors (Lipinski definition) is 2. The topological polar surface area (TPSA) is 101 Å². The monoisotopic (exact) mass is 420 g/mol. The number of halogens is 3. The van der Waals surface area contributed by atoms with Gasteiger partial charge in [0.15, 0.2) is 5.65 Å². The molecule has 0 aliphatic heterocycles. The molecule has 0 unspecified atom stereocenters. The van der Waals surface area contributed by atoms with Crippen LogP contribution in [0.5, 0.6) is 0 Å². The third kappa shape index (κ3) is 4.20. The van der Waals surface area contributed by atoms with Gasteiger partial charge in [-0.15, -0.1) is 26.6 Å². The van der Waals surface area contributed by atoms with Gasteiger partial charge in [-0.2, -0.15) is 17.7 Å². The molecule has 27 heavy (non-hydrogen) atoms. The molecular formula is C14H15F3N6O2S2. The van der Waals surface area contributed by atoms with E-state index < -0.39 is 22.0 Å². The lowest BCUT2D eigenvalue weighted by Crippen LogP contribution is -2.29. The molecule has 13 heteroatoms. The number of anilines is 1. The predicted molar refractivity (Wildman–Crippen MR) is 93.3 cm³/mol. The van der Waals surface area contributed by atoms with Crippen molar-refractivity contribution in [3.63, 3.8) is 0 Å². The summed E-state index contributed by atoms with van der Waals surface area (Å²) >= 11 is 1.39. The number of aromatic nitrogens is 4. The molecule has 3 heterocycles. The van der Waals surface area contributed by atoms with E-state index in [4.69, 9.17) is 0 Å². The van der Waals surface area contributed by atoms with E-state index >= 15 is 0 Å². The Morgan fingerprint density at radius 2 is 1.93 bits per heavy atom. The molecule has 0 aliphatic rings. The van der Waals surface area contributed by atoms with E-state index in [1.165, 1.54) is 23.5 Å². The van der Waals surface area contributed by atoms with Gasteiger partial charge >= 0.3 is 6.18 Å². The van der Waals surface area contributed by atoms with E-state index in [1.807, 2.05) is 6.92 Å². The molecule has 146 valence electrons. The van der Waals surface area contributed by atoms with E-state index in [9.17, 15) is 21.6 Å². The lowest BCUT2D eigenvalue weighted by molar-refractivity contribution is -0.146. The van der Waals surface area contributed by atoms with Gasteiger partial charge in [-0.05, 0) is 32.0 Å². The Labute approximate surface area is 156 Å². The second-order valence-electron chi connectivity index (χ2n) is 5.61. The summed E-state index contributed by atoms with van der Waals surface area (Å²) in [6, 6.07) is 4.36. The number of nitrogens with one attached hydrogen (secondary N) is 2. The van der Waals surface area contributed by atoms with Crippen molar-refractivity contribution >= 4 is 32.8 Å². The van der Waals surface area contributed by atoms with Gasteiger partial charge in [0, 0.05) is 22.8 Å². The molecule has 2 N–H and O–H groups in total. The predicted octanol–water partition coefficient (Wildman–Crippen LogP) is 2.21. The maximum Gasteiger partial charge on any atom is 0.453 e. The zero-order chi connectivity index (χ0) is 19.8. The van der Waals surface area contributed by atoms with Crippen LogP contribution in [0.25, 0.3) is 5.65 Å². The van der Waals surface area contributed by atoms with Gasteiger partial charge in [-0.1, -0.05) is 0 Å². The van der Waals surface area contributed by atoms with Crippen LogP contribution in [0.1, 0.15) is 15.6 Å². The Morgan fingerprint density at radius 1 is 1.19 bits per heavy atom. The molecule has 0 spiro atoms. The summed E-state index contributed by atoms with van der Waals surface area (Å²) < 4.78 is 66.2. The number of thiophene rings is 1. The molecule has 3 aromatic heterocycles. The number of alkyl halides is 3. The van der Waals surface area contributed by atoms with Gasteiger partial charge in [-0.3, -0.25) is 0 Å². The maximum atomic E-state index is 12.9. The Kier molecular flexibility index (Phi) is 5.10. The molecule has 0 aromatic carbocycles. The van der Waals surface area contributed by atoms with Crippen LogP contribution in [0.2, 0.25) is 0 Å². The Hall–Kier alpha value is -2.25. The van der Waals surface area contributed by atoms with Gasteiger partial charge in [-0.25, -0.2) is 13.1 Å². The van der Waals surface area contributed by atoms with Crippen molar-refractivity contribution in [2.45, 2.75) is 24.9 Å². The summed E-state index contributed by atoms with van der Waals surface area (Å²) in [6.07, 6.45) is -4.68. The molecule has 3 aromatic rings. The molecule has 0 atom stereocenters. The first-order chi connectivity index (χ1) is 12.6. The van der Waals surface area contributed by atoms with E-state index in [-0.39, 0.29) is 29.5 Å². The minimum absolute atomic E-state index is 0.0324. The van der Waals surface area contributed by atoms with Crippen molar-refractivity contribution in [3.05, 3.63) is 33.8 Å². The number of fused-ring (bicyclic) bond motifs is 1. The van der Waals surface area contributed by atoms with Gasteiger partial charge < -0.3 is 5.32 Å². The lowest BCUT2D eigenvalue weighted by Gasteiger charge is -2.09. The first-order valence-electron chi connectivity index (χ1n) is 7.68. The van der Waals surface area contributed by atoms with Crippen molar-refractivity contribution < 1.29 is 21.6 Å². The summed E-state index contributed by atoms with van der Waals surface area (Å²) in [5.74, 6) is -1.10. The summed E-state index contributed by atoms with van der Waals surface area (Å²) in [7, 11) is -3.65. The van der Waals surface area contributed by atoms with Crippen LogP contribution >= 0.6 is 11.3 Å². The highest BCUT2D eigenvalue weighted by atomic mass is 32.2. The highest BCUT2D eigenvalue weighted by molar-refractivity contribution is 7.89. The molecule has 0 saturated heterocycles. The highest BCUT2D eigenvalue weighted by Crippen LogP contribution is 2.27. The summed E-state index contributed by atoms with van der Waals surface area (Å²) in [6.45, 7) is 3.70. The summed E-state index contributed by atoms with van der Waals surface area (Å²) in [5.41, 5.74) is -0.0446. The van der Waals surface area contributed by atoms with Crippen LogP contribution in [0.3, 0.4) is 0 Å². The van der Waals surface area contributed by atoms with Gasteiger partial charge in [0.25, 0.3) is 5.82 Å². The molecule has 0 amide bonds. The number of sulfonamides is 1. The van der Waals surface area contributed by atoms with Gasteiger partial charge in [0.1, 0.15) is 5.82 Å². The van der Waals surface area contributed by atoms with Gasteiger partial charge in [0.2, 0.25) is 10.0 Å². The van der Waals surface area contributed by atoms with Crippen LogP contribution in [0, 0.1) is 13.8 Å². The number of hydrogen-bond acceptors (Lipinski definition) is 7. The Bertz CT molecular complexity index is 1070. The first kappa shape index (κ1) is 19.5. The third-order valence-corrected chi connectivity index (χ3v) is 6.21. The van der Waals surface area contributed by atoms with Gasteiger partial charge in [0.05, 0.1) is 4.90 Å². The van der Waals surface area contributed by atoms with Crippen molar-refractivity contribution in [1.82, 2.24) is 24.5 Å². The fourth-order valence-electron chi connectivity index (χ4n) is 2.39. The van der Waals surface area contributed by atoms with Crippen LogP contribution in [0.15, 0.2) is 23.1 Å². The van der Waals surface area contributed by atoms with Crippen LogP contribution < -0.4 is 10.0 Å². The van der Waals surface area contributed by atoms with E-state index in [0.29, 0.717) is 9.39 Å². The average Bonchev–Trinajstić information content (AvgIpc) is 3.14. The second kappa shape index (κ2) is 7.05. The number of rotatable bonds is 6. The first-order valence-corrected chi connectivity index (χ1v) is 9.98. The second-order valence-corrected chi connectivity index (χ2v) is 8.81. The molecule has 0 bridgehead atoms. The SMILES string of the molecule is Cc1cc(S(=O)(=O)NCCNc2ccc3nnc(C(F)(F)F)n3n2)c(C)s1. The minimum Gasteiger partial charge on any atom is -0.367 e. The standard InChI is InChI=1S/C14H15F3N6O2S2/c1-8-7-10(9(2)26-8)27(24,25)19-6-5-18-11-3-4-12-20-21-13(14(15,16)17)23(12)22-11/h3-4,7,19H,5-6H2,1-2H3,(H,18,22). The lowest BCUT2D eigenvalue weighted by atomic mass is 10.4. The van der Waals surface area contributed by atoms with Crippen molar-refractivity contribution in [1.29, 1.82) is 0 Å². The molecule has 0 radical (unpaired) electrons. The smallest absolute Gasteiger partial charge is 0.367 e. The fraction of sp³-hybridized carbons (Fsp3) is 0.357. The highest BCUT2D eigenvalue weighted by Gasteiger charge is 2.37.